The minimum Gasteiger partial charge on any atom is -0.383 e. The Balaban J connectivity index is 2.34. The Morgan fingerprint density at radius 3 is 2.60 bits per heavy atom. The number of hydrogen-bond donors (Lipinski definition) is 3. The molecule has 0 radical (unpaired) electrons. The Labute approximate surface area is 123 Å². The summed E-state index contributed by atoms with van der Waals surface area (Å²) in [5.41, 5.74) is 11.8. The number of benzene rings is 1. The van der Waals surface area contributed by atoms with Gasteiger partial charge < -0.3 is 5.73 Å². The number of hydrogen-bond acceptors (Lipinski definition) is 5. The molecule has 0 fully saturated rings. The number of aryl methyl sites for hydroxylation is 1. The molecular formula is C15H20N4S. The number of hydrazine groups is 1. The van der Waals surface area contributed by atoms with Crippen LogP contribution < -0.4 is 17.0 Å². The van der Waals surface area contributed by atoms with Crippen LogP contribution in [0.3, 0.4) is 0 Å². The highest BCUT2D eigenvalue weighted by Gasteiger charge is 2.16. The molecule has 0 saturated heterocycles. The Kier molecular flexibility index (Phi) is 5.00. The van der Waals surface area contributed by atoms with E-state index in [0.717, 1.165) is 22.4 Å². The zero-order valence-electron chi connectivity index (χ0n) is 11.8. The van der Waals surface area contributed by atoms with Crippen molar-refractivity contribution in [2.45, 2.75) is 24.8 Å². The maximum Gasteiger partial charge on any atom is 0.128 e. The molecule has 2 rings (SSSR count). The molecule has 0 aliphatic heterocycles. The summed E-state index contributed by atoms with van der Waals surface area (Å²) in [7, 11) is 0. The molecule has 0 aliphatic rings. The summed E-state index contributed by atoms with van der Waals surface area (Å²) in [6.07, 6.45) is 1.76. The Morgan fingerprint density at radius 1 is 1.30 bits per heavy atom. The molecule has 1 heterocycles. The van der Waals surface area contributed by atoms with E-state index < -0.39 is 0 Å². The average molecular weight is 288 g/mol. The van der Waals surface area contributed by atoms with Crippen LogP contribution in [0.4, 0.5) is 5.82 Å². The molecule has 5 N–H and O–H groups in total. The highest BCUT2D eigenvalue weighted by atomic mass is 32.2. The van der Waals surface area contributed by atoms with Crippen LogP contribution in [0.1, 0.15) is 29.7 Å². The van der Waals surface area contributed by atoms with Gasteiger partial charge in [-0.2, -0.15) is 0 Å². The number of aromatic nitrogens is 1. The van der Waals surface area contributed by atoms with E-state index in [-0.39, 0.29) is 6.04 Å². The third-order valence-electron chi connectivity index (χ3n) is 3.09. The maximum absolute atomic E-state index is 5.97. The molecule has 0 saturated carbocycles. The first-order valence-corrected chi connectivity index (χ1v) is 7.55. The lowest BCUT2D eigenvalue weighted by molar-refractivity contribution is 0.636. The fourth-order valence-electron chi connectivity index (χ4n) is 2.12. The number of anilines is 1. The summed E-state index contributed by atoms with van der Waals surface area (Å²) in [6, 6.07) is 10.2. The smallest absolute Gasteiger partial charge is 0.128 e. The van der Waals surface area contributed by atoms with Crippen LogP contribution in [0.15, 0.2) is 41.4 Å². The first kappa shape index (κ1) is 14.8. The van der Waals surface area contributed by atoms with Gasteiger partial charge in [0.2, 0.25) is 0 Å². The van der Waals surface area contributed by atoms with E-state index in [1.807, 2.05) is 24.8 Å². The van der Waals surface area contributed by atoms with Crippen molar-refractivity contribution >= 4 is 17.6 Å². The minimum absolute atomic E-state index is 0.150. The van der Waals surface area contributed by atoms with Crippen LogP contribution in [0.2, 0.25) is 0 Å². The summed E-state index contributed by atoms with van der Waals surface area (Å²) in [5, 5.41) is 0. The van der Waals surface area contributed by atoms with Crippen molar-refractivity contribution in [1.29, 1.82) is 0 Å². The molecule has 5 heteroatoms. The molecule has 4 nitrogen and oxygen atoms in total. The van der Waals surface area contributed by atoms with E-state index in [9.17, 15) is 0 Å². The van der Waals surface area contributed by atoms with Crippen molar-refractivity contribution in [3.63, 3.8) is 0 Å². The van der Waals surface area contributed by atoms with Gasteiger partial charge in [0.25, 0.3) is 0 Å². The van der Waals surface area contributed by atoms with Gasteiger partial charge in [0, 0.05) is 16.7 Å². The number of nitrogens with two attached hydrogens (primary N) is 2. The first-order valence-electron chi connectivity index (χ1n) is 6.56. The standard InChI is InChI=1S/C15H20N4S/c1-3-20-12-6-4-11(5-7-12)14(19-17)13-8-10(2)9-18-15(13)16/h4-9,14,19H,3,17H2,1-2H3,(H2,16,18). The molecule has 1 atom stereocenters. The highest BCUT2D eigenvalue weighted by Crippen LogP contribution is 2.27. The summed E-state index contributed by atoms with van der Waals surface area (Å²) in [5.74, 6) is 7.28. The predicted octanol–water partition coefficient (Wildman–Crippen LogP) is 2.64. The summed E-state index contributed by atoms with van der Waals surface area (Å²) >= 11 is 1.82. The number of nitrogens with zero attached hydrogens (tertiary/aromatic N) is 1. The lowest BCUT2D eigenvalue weighted by Crippen LogP contribution is -2.29. The molecule has 0 amide bonds. The van der Waals surface area contributed by atoms with Gasteiger partial charge in [-0.1, -0.05) is 19.1 Å². The zero-order valence-corrected chi connectivity index (χ0v) is 12.6. The monoisotopic (exact) mass is 288 g/mol. The van der Waals surface area contributed by atoms with Crippen molar-refractivity contribution in [3.8, 4) is 0 Å². The van der Waals surface area contributed by atoms with Crippen LogP contribution in [0.5, 0.6) is 0 Å². The summed E-state index contributed by atoms with van der Waals surface area (Å²) in [4.78, 5) is 5.45. The van der Waals surface area contributed by atoms with Gasteiger partial charge >= 0.3 is 0 Å². The average Bonchev–Trinajstić information content (AvgIpc) is 2.45. The van der Waals surface area contributed by atoms with Crippen LogP contribution >= 0.6 is 11.8 Å². The maximum atomic E-state index is 5.97. The van der Waals surface area contributed by atoms with Crippen LogP contribution in [0, 0.1) is 6.92 Å². The third kappa shape index (κ3) is 3.30. The lowest BCUT2D eigenvalue weighted by Gasteiger charge is -2.19. The van der Waals surface area contributed by atoms with Crippen molar-refractivity contribution in [1.82, 2.24) is 10.4 Å². The SMILES string of the molecule is CCSc1ccc(C(NN)c2cc(C)cnc2N)cc1. The normalized spacial score (nSPS) is 12.3. The summed E-state index contributed by atoms with van der Waals surface area (Å²) < 4.78 is 0. The van der Waals surface area contributed by atoms with E-state index >= 15 is 0 Å². The van der Waals surface area contributed by atoms with Crippen LogP contribution in [0.25, 0.3) is 0 Å². The Morgan fingerprint density at radius 2 is 2.00 bits per heavy atom. The second-order valence-corrected chi connectivity index (χ2v) is 5.93. The van der Waals surface area contributed by atoms with Gasteiger partial charge in [0.15, 0.2) is 0 Å². The Bertz CT molecular complexity index is 569. The van der Waals surface area contributed by atoms with E-state index in [0.29, 0.717) is 5.82 Å². The third-order valence-corrected chi connectivity index (χ3v) is 3.98. The van der Waals surface area contributed by atoms with Gasteiger partial charge in [0.1, 0.15) is 5.82 Å². The molecule has 1 aromatic carbocycles. The number of thioether (sulfide) groups is 1. The van der Waals surface area contributed by atoms with E-state index in [2.05, 4.69) is 41.6 Å². The molecule has 0 bridgehead atoms. The second kappa shape index (κ2) is 6.74. The summed E-state index contributed by atoms with van der Waals surface area (Å²) in [6.45, 7) is 4.13. The molecule has 20 heavy (non-hydrogen) atoms. The first-order chi connectivity index (χ1) is 9.65. The van der Waals surface area contributed by atoms with Crippen LogP contribution in [-0.4, -0.2) is 10.7 Å². The van der Waals surface area contributed by atoms with E-state index in [1.165, 1.54) is 4.90 Å². The molecule has 0 aliphatic carbocycles. The molecule has 0 spiro atoms. The minimum atomic E-state index is -0.150. The fourth-order valence-corrected chi connectivity index (χ4v) is 2.78. The molecule has 1 unspecified atom stereocenters. The Hall–Kier alpha value is -1.56. The van der Waals surface area contributed by atoms with Gasteiger partial charge in [-0.05, 0) is 42.0 Å². The molecule has 2 aromatic rings. The van der Waals surface area contributed by atoms with Crippen molar-refractivity contribution in [3.05, 3.63) is 53.2 Å². The second-order valence-electron chi connectivity index (χ2n) is 4.59. The van der Waals surface area contributed by atoms with Gasteiger partial charge in [-0.15, -0.1) is 11.8 Å². The van der Waals surface area contributed by atoms with Crippen molar-refractivity contribution < 1.29 is 0 Å². The zero-order chi connectivity index (χ0) is 14.5. The highest BCUT2D eigenvalue weighted by molar-refractivity contribution is 7.99. The van der Waals surface area contributed by atoms with Gasteiger partial charge in [-0.25, -0.2) is 10.4 Å². The van der Waals surface area contributed by atoms with Gasteiger partial charge in [-0.3, -0.25) is 5.84 Å². The van der Waals surface area contributed by atoms with Crippen molar-refractivity contribution in [2.24, 2.45) is 5.84 Å². The largest absolute Gasteiger partial charge is 0.383 e. The fraction of sp³-hybridized carbons (Fsp3) is 0.267. The quantitative estimate of drug-likeness (QED) is 0.448. The lowest BCUT2D eigenvalue weighted by atomic mass is 9.99. The number of nitrogens with one attached hydrogen (secondary N) is 1. The molecule has 106 valence electrons. The van der Waals surface area contributed by atoms with E-state index in [4.69, 9.17) is 11.6 Å². The predicted molar refractivity (Wildman–Crippen MR) is 85.4 cm³/mol. The van der Waals surface area contributed by atoms with Crippen LogP contribution in [-0.2, 0) is 0 Å². The van der Waals surface area contributed by atoms with E-state index in [1.54, 1.807) is 6.20 Å². The number of pyridine rings is 1. The number of nitrogen functional groups attached to an aromatic ring is 1. The topological polar surface area (TPSA) is 77.0 Å². The van der Waals surface area contributed by atoms with Gasteiger partial charge in [0.05, 0.1) is 6.04 Å². The van der Waals surface area contributed by atoms with Crippen molar-refractivity contribution in [2.75, 3.05) is 11.5 Å². The molecule has 1 aromatic heterocycles. The number of rotatable bonds is 5. The molecular weight excluding hydrogens is 268 g/mol.